The Bertz CT molecular complexity index is 403. The van der Waals surface area contributed by atoms with Crippen LogP contribution in [-0.4, -0.2) is 27.2 Å². The van der Waals surface area contributed by atoms with Crippen molar-refractivity contribution < 1.29 is 15.0 Å². The number of benzene rings is 1. The first-order valence-electron chi connectivity index (χ1n) is 4.89. The minimum Gasteiger partial charge on any atom is -0.508 e. The van der Waals surface area contributed by atoms with Gasteiger partial charge in [-0.3, -0.25) is 0 Å². The van der Waals surface area contributed by atoms with Crippen LogP contribution in [0.25, 0.3) is 0 Å². The van der Waals surface area contributed by atoms with Gasteiger partial charge in [0.15, 0.2) is 0 Å². The van der Waals surface area contributed by atoms with E-state index < -0.39 is 6.09 Å². The Hall–Kier alpha value is -1.71. The molecule has 2 N–H and O–H groups in total. The van der Waals surface area contributed by atoms with Crippen LogP contribution in [0.15, 0.2) is 18.2 Å². The van der Waals surface area contributed by atoms with Crippen LogP contribution in [0.3, 0.4) is 0 Å². The molecular formula is C11H13NO3. The molecule has 0 saturated heterocycles. The third kappa shape index (κ3) is 1.63. The summed E-state index contributed by atoms with van der Waals surface area (Å²) in [7, 11) is 0. The van der Waals surface area contributed by atoms with Gasteiger partial charge in [0.05, 0.1) is 0 Å². The van der Waals surface area contributed by atoms with Gasteiger partial charge in [-0.15, -0.1) is 0 Å². The van der Waals surface area contributed by atoms with E-state index in [0.717, 1.165) is 11.1 Å². The first-order valence-corrected chi connectivity index (χ1v) is 4.89. The summed E-state index contributed by atoms with van der Waals surface area (Å²) in [4.78, 5) is 12.3. The summed E-state index contributed by atoms with van der Waals surface area (Å²) < 4.78 is 0. The van der Waals surface area contributed by atoms with Gasteiger partial charge in [-0.25, -0.2) is 4.79 Å². The number of phenolic OH excluding ortho intramolecular Hbond substituents is 1. The Labute approximate surface area is 87.8 Å². The van der Waals surface area contributed by atoms with E-state index in [1.54, 1.807) is 12.1 Å². The van der Waals surface area contributed by atoms with Gasteiger partial charge in [-0.05, 0) is 25.0 Å². The van der Waals surface area contributed by atoms with Crippen LogP contribution in [0, 0.1) is 0 Å². The molecule has 0 aliphatic carbocycles. The van der Waals surface area contributed by atoms with E-state index in [0.29, 0.717) is 13.0 Å². The summed E-state index contributed by atoms with van der Waals surface area (Å²) >= 11 is 0. The number of aromatic hydroxyl groups is 1. The van der Waals surface area contributed by atoms with E-state index in [9.17, 15) is 9.90 Å². The molecule has 1 aliphatic heterocycles. The molecule has 4 nitrogen and oxygen atoms in total. The fourth-order valence-electron chi connectivity index (χ4n) is 2.01. The molecule has 0 fully saturated rings. The van der Waals surface area contributed by atoms with Gasteiger partial charge in [0, 0.05) is 18.2 Å². The molecule has 1 heterocycles. The number of hydrogen-bond donors (Lipinski definition) is 2. The lowest BCUT2D eigenvalue weighted by Crippen LogP contribution is -2.41. The lowest BCUT2D eigenvalue weighted by atomic mass is 9.94. The van der Waals surface area contributed by atoms with Crippen LogP contribution in [0.5, 0.6) is 5.75 Å². The van der Waals surface area contributed by atoms with Crippen LogP contribution in [0.4, 0.5) is 4.79 Å². The van der Waals surface area contributed by atoms with Crippen molar-refractivity contribution in [2.45, 2.75) is 25.9 Å². The predicted molar refractivity (Wildman–Crippen MR) is 54.8 cm³/mol. The maximum atomic E-state index is 10.9. The zero-order valence-corrected chi connectivity index (χ0v) is 8.47. The van der Waals surface area contributed by atoms with Gasteiger partial charge in [0.2, 0.25) is 0 Å². The Morgan fingerprint density at radius 3 is 2.93 bits per heavy atom. The van der Waals surface area contributed by atoms with E-state index in [1.165, 1.54) is 4.90 Å². The van der Waals surface area contributed by atoms with Crippen molar-refractivity contribution in [3.05, 3.63) is 29.3 Å². The lowest BCUT2D eigenvalue weighted by molar-refractivity contribution is 0.119. The van der Waals surface area contributed by atoms with Crippen molar-refractivity contribution in [3.8, 4) is 5.75 Å². The number of hydrogen-bond acceptors (Lipinski definition) is 2. The largest absolute Gasteiger partial charge is 0.508 e. The van der Waals surface area contributed by atoms with Gasteiger partial charge in [-0.1, -0.05) is 12.1 Å². The molecule has 1 aliphatic rings. The first kappa shape index (κ1) is 9.83. The van der Waals surface area contributed by atoms with Gasteiger partial charge < -0.3 is 15.1 Å². The van der Waals surface area contributed by atoms with Crippen LogP contribution in [0.1, 0.15) is 18.1 Å². The van der Waals surface area contributed by atoms with Gasteiger partial charge >= 0.3 is 6.09 Å². The Morgan fingerprint density at radius 1 is 1.53 bits per heavy atom. The zero-order chi connectivity index (χ0) is 11.0. The van der Waals surface area contributed by atoms with E-state index in [4.69, 9.17) is 5.11 Å². The smallest absolute Gasteiger partial charge is 0.407 e. The zero-order valence-electron chi connectivity index (χ0n) is 8.47. The molecule has 0 aromatic heterocycles. The Morgan fingerprint density at radius 2 is 2.27 bits per heavy atom. The number of nitrogens with zero attached hydrogens (tertiary/aromatic N) is 1. The topological polar surface area (TPSA) is 60.8 Å². The average Bonchev–Trinajstić information content (AvgIpc) is 2.18. The van der Waals surface area contributed by atoms with E-state index >= 15 is 0 Å². The molecule has 0 spiro atoms. The fourth-order valence-corrected chi connectivity index (χ4v) is 2.01. The third-order valence-electron chi connectivity index (χ3n) is 2.87. The van der Waals surface area contributed by atoms with Crippen molar-refractivity contribution in [2.24, 2.45) is 0 Å². The molecule has 1 unspecified atom stereocenters. The standard InChI is InChI=1S/C11H13NO3/c1-7-5-9-8(3-2-4-10(9)13)6-12(7)11(14)15/h2-4,7,13H,5-6H2,1H3,(H,14,15). The first-order chi connectivity index (χ1) is 7.09. The van der Waals surface area contributed by atoms with Crippen LogP contribution in [-0.2, 0) is 13.0 Å². The summed E-state index contributed by atoms with van der Waals surface area (Å²) in [5, 5.41) is 18.6. The fraction of sp³-hybridized carbons (Fsp3) is 0.364. The maximum absolute atomic E-state index is 10.9. The van der Waals surface area contributed by atoms with Gasteiger partial charge in [0.1, 0.15) is 5.75 Å². The molecule has 0 saturated carbocycles. The molecule has 4 heteroatoms. The molecule has 1 aromatic carbocycles. The number of carbonyl (C=O) groups is 1. The summed E-state index contributed by atoms with van der Waals surface area (Å²) in [5.74, 6) is 0.268. The van der Waals surface area contributed by atoms with Crippen LogP contribution in [0.2, 0.25) is 0 Å². The normalized spacial score (nSPS) is 19.8. The highest BCUT2D eigenvalue weighted by Gasteiger charge is 2.27. The van der Waals surface area contributed by atoms with Gasteiger partial charge in [0.25, 0.3) is 0 Å². The molecule has 15 heavy (non-hydrogen) atoms. The molecule has 1 amide bonds. The Balaban J connectivity index is 2.38. The van der Waals surface area contributed by atoms with E-state index in [2.05, 4.69) is 0 Å². The number of phenols is 1. The van der Waals surface area contributed by atoms with Crippen LogP contribution >= 0.6 is 0 Å². The molecule has 1 atom stereocenters. The lowest BCUT2D eigenvalue weighted by Gasteiger charge is -2.32. The highest BCUT2D eigenvalue weighted by atomic mass is 16.4. The SMILES string of the molecule is CC1Cc2c(O)cccc2CN1C(=O)O. The van der Waals surface area contributed by atoms with E-state index in [1.807, 2.05) is 13.0 Å². The van der Waals surface area contributed by atoms with Crippen molar-refractivity contribution in [1.82, 2.24) is 4.90 Å². The second-order valence-electron chi connectivity index (χ2n) is 3.88. The highest BCUT2D eigenvalue weighted by Crippen LogP contribution is 2.29. The number of carboxylic acid groups (broad SMARTS) is 1. The number of fused-ring (bicyclic) bond motifs is 1. The van der Waals surface area contributed by atoms with Crippen molar-refractivity contribution >= 4 is 6.09 Å². The molecule has 2 rings (SSSR count). The van der Waals surface area contributed by atoms with Gasteiger partial charge in [-0.2, -0.15) is 0 Å². The third-order valence-corrected chi connectivity index (χ3v) is 2.87. The minimum absolute atomic E-state index is 0.0803. The quantitative estimate of drug-likeness (QED) is 0.682. The van der Waals surface area contributed by atoms with Crippen molar-refractivity contribution in [1.29, 1.82) is 0 Å². The molecule has 80 valence electrons. The highest BCUT2D eigenvalue weighted by molar-refractivity contribution is 5.66. The maximum Gasteiger partial charge on any atom is 0.407 e. The summed E-state index contributed by atoms with van der Waals surface area (Å²) in [6.07, 6.45) is -0.328. The Kier molecular flexibility index (Phi) is 2.26. The van der Waals surface area contributed by atoms with Crippen molar-refractivity contribution in [2.75, 3.05) is 0 Å². The molecular weight excluding hydrogens is 194 g/mol. The predicted octanol–water partition coefficient (Wildman–Crippen LogP) is 1.82. The average molecular weight is 207 g/mol. The summed E-state index contributed by atoms with van der Waals surface area (Å²) in [6, 6.07) is 5.16. The van der Waals surface area contributed by atoms with Crippen LogP contribution < -0.4 is 0 Å². The minimum atomic E-state index is -0.906. The van der Waals surface area contributed by atoms with E-state index in [-0.39, 0.29) is 11.8 Å². The monoisotopic (exact) mass is 207 g/mol. The summed E-state index contributed by atoms with van der Waals surface area (Å²) in [5.41, 5.74) is 1.78. The summed E-state index contributed by atoms with van der Waals surface area (Å²) in [6.45, 7) is 2.21. The van der Waals surface area contributed by atoms with Crippen molar-refractivity contribution in [3.63, 3.8) is 0 Å². The number of amides is 1. The second kappa shape index (κ2) is 3.46. The number of rotatable bonds is 0. The molecule has 1 aromatic rings. The molecule has 0 bridgehead atoms. The second-order valence-corrected chi connectivity index (χ2v) is 3.88. The molecule has 0 radical (unpaired) electrons.